The van der Waals surface area contributed by atoms with Crippen LogP contribution in [0.1, 0.15) is 26.2 Å². The minimum Gasteiger partial charge on any atom is -0.493 e. The molecule has 0 aliphatic rings. The SMILES string of the molecule is CCCCSc1nccc(-n2ccc3c(OCCCS(=O)(=O)N(C)C)cccc32)n1. The van der Waals surface area contributed by atoms with E-state index in [9.17, 15) is 8.42 Å². The summed E-state index contributed by atoms with van der Waals surface area (Å²) in [5.74, 6) is 2.62. The topological polar surface area (TPSA) is 77.3 Å². The van der Waals surface area contributed by atoms with Crippen LogP contribution in [0.4, 0.5) is 0 Å². The molecule has 0 fully saturated rings. The molecule has 162 valence electrons. The van der Waals surface area contributed by atoms with Crippen LogP contribution in [0.3, 0.4) is 0 Å². The zero-order valence-corrected chi connectivity index (χ0v) is 19.2. The minimum absolute atomic E-state index is 0.0659. The van der Waals surface area contributed by atoms with E-state index >= 15 is 0 Å². The molecule has 3 aromatic rings. The first kappa shape index (κ1) is 22.6. The van der Waals surface area contributed by atoms with E-state index in [-0.39, 0.29) is 5.75 Å². The third kappa shape index (κ3) is 5.53. The van der Waals surface area contributed by atoms with E-state index in [1.807, 2.05) is 41.1 Å². The van der Waals surface area contributed by atoms with Gasteiger partial charge in [0.05, 0.1) is 17.9 Å². The Balaban J connectivity index is 1.73. The highest BCUT2D eigenvalue weighted by Gasteiger charge is 2.14. The lowest BCUT2D eigenvalue weighted by Crippen LogP contribution is -2.25. The Morgan fingerprint density at radius 2 is 2.00 bits per heavy atom. The normalized spacial score (nSPS) is 12.0. The third-order valence-corrected chi connectivity index (χ3v) is 7.51. The lowest BCUT2D eigenvalue weighted by molar-refractivity contribution is 0.320. The molecular formula is C21H28N4O3S2. The minimum atomic E-state index is -3.21. The van der Waals surface area contributed by atoms with E-state index in [0.717, 1.165) is 46.2 Å². The number of thioether (sulfide) groups is 1. The van der Waals surface area contributed by atoms with Crippen LogP contribution in [0, 0.1) is 0 Å². The highest BCUT2D eigenvalue weighted by atomic mass is 32.2. The fourth-order valence-electron chi connectivity index (χ4n) is 2.91. The fourth-order valence-corrected chi connectivity index (χ4v) is 4.67. The summed E-state index contributed by atoms with van der Waals surface area (Å²) in [6, 6.07) is 9.74. The first-order valence-electron chi connectivity index (χ1n) is 10.0. The van der Waals surface area contributed by atoms with E-state index < -0.39 is 10.0 Å². The quantitative estimate of drug-likeness (QED) is 0.251. The summed E-state index contributed by atoms with van der Waals surface area (Å²) >= 11 is 1.67. The maximum absolute atomic E-state index is 11.9. The van der Waals surface area contributed by atoms with Gasteiger partial charge in [0.15, 0.2) is 5.16 Å². The van der Waals surface area contributed by atoms with Crippen LogP contribution in [0.5, 0.6) is 5.75 Å². The van der Waals surface area contributed by atoms with Crippen LogP contribution in [-0.2, 0) is 10.0 Å². The van der Waals surface area contributed by atoms with E-state index in [4.69, 9.17) is 4.74 Å². The molecule has 2 heterocycles. The Hall–Kier alpha value is -2.10. The number of hydrogen-bond acceptors (Lipinski definition) is 6. The lowest BCUT2D eigenvalue weighted by Gasteiger charge is -2.12. The van der Waals surface area contributed by atoms with Gasteiger partial charge in [-0.2, -0.15) is 0 Å². The van der Waals surface area contributed by atoms with Gasteiger partial charge in [0.2, 0.25) is 10.0 Å². The number of benzene rings is 1. The molecule has 0 N–H and O–H groups in total. The summed E-state index contributed by atoms with van der Waals surface area (Å²) in [6.07, 6.45) is 6.48. The molecule has 0 saturated carbocycles. The van der Waals surface area contributed by atoms with E-state index in [1.165, 1.54) is 4.31 Å². The number of hydrogen-bond donors (Lipinski definition) is 0. The predicted molar refractivity (Wildman–Crippen MR) is 122 cm³/mol. The van der Waals surface area contributed by atoms with Gasteiger partial charge in [0.25, 0.3) is 0 Å². The Labute approximate surface area is 182 Å². The van der Waals surface area contributed by atoms with E-state index in [1.54, 1.807) is 32.1 Å². The zero-order valence-electron chi connectivity index (χ0n) is 17.6. The smallest absolute Gasteiger partial charge is 0.213 e. The van der Waals surface area contributed by atoms with Crippen molar-refractivity contribution in [1.82, 2.24) is 18.8 Å². The molecule has 0 atom stereocenters. The summed E-state index contributed by atoms with van der Waals surface area (Å²) in [5, 5.41) is 1.74. The van der Waals surface area contributed by atoms with Crippen molar-refractivity contribution in [2.45, 2.75) is 31.3 Å². The second kappa shape index (κ2) is 10.3. The van der Waals surface area contributed by atoms with Crippen molar-refractivity contribution in [3.8, 4) is 11.6 Å². The van der Waals surface area contributed by atoms with Crippen molar-refractivity contribution in [3.63, 3.8) is 0 Å². The molecule has 0 unspecified atom stereocenters. The van der Waals surface area contributed by atoms with Crippen molar-refractivity contribution in [1.29, 1.82) is 0 Å². The molecular weight excluding hydrogens is 420 g/mol. The number of nitrogens with zero attached hydrogens (tertiary/aromatic N) is 4. The number of fused-ring (bicyclic) bond motifs is 1. The lowest BCUT2D eigenvalue weighted by atomic mass is 10.2. The Kier molecular flexibility index (Phi) is 7.74. The van der Waals surface area contributed by atoms with E-state index in [2.05, 4.69) is 16.9 Å². The second-order valence-electron chi connectivity index (χ2n) is 7.07. The fraction of sp³-hybridized carbons (Fsp3) is 0.429. The zero-order chi connectivity index (χ0) is 21.6. The first-order valence-corrected chi connectivity index (χ1v) is 12.6. The van der Waals surface area contributed by atoms with Gasteiger partial charge in [-0.25, -0.2) is 22.7 Å². The van der Waals surface area contributed by atoms with Gasteiger partial charge in [-0.15, -0.1) is 0 Å². The first-order chi connectivity index (χ1) is 14.4. The highest BCUT2D eigenvalue weighted by molar-refractivity contribution is 7.99. The average Bonchev–Trinajstić information content (AvgIpc) is 3.16. The summed E-state index contributed by atoms with van der Waals surface area (Å²) in [5.41, 5.74) is 0.983. The molecule has 1 aromatic carbocycles. The third-order valence-electron chi connectivity index (χ3n) is 4.65. The molecule has 0 aliphatic carbocycles. The molecule has 0 amide bonds. The van der Waals surface area contributed by atoms with Gasteiger partial charge < -0.3 is 9.30 Å². The van der Waals surface area contributed by atoms with Gasteiger partial charge in [-0.05, 0) is 37.1 Å². The maximum atomic E-state index is 11.9. The molecule has 2 aromatic heterocycles. The van der Waals surface area contributed by atoms with Crippen LogP contribution in [0.25, 0.3) is 16.7 Å². The average molecular weight is 449 g/mol. The van der Waals surface area contributed by atoms with Crippen LogP contribution >= 0.6 is 11.8 Å². The van der Waals surface area contributed by atoms with Crippen molar-refractivity contribution in [2.24, 2.45) is 0 Å². The molecule has 30 heavy (non-hydrogen) atoms. The summed E-state index contributed by atoms with van der Waals surface area (Å²) < 4.78 is 32.9. The van der Waals surface area contributed by atoms with Crippen LogP contribution in [0.2, 0.25) is 0 Å². The molecule has 0 radical (unpaired) electrons. The number of sulfonamides is 1. The number of rotatable bonds is 11. The van der Waals surface area contributed by atoms with Gasteiger partial charge in [-0.3, -0.25) is 0 Å². The standard InChI is InChI=1S/C21H28N4O3S2/c1-4-5-15-29-21-22-12-10-20(23-21)25-13-11-17-18(25)8-6-9-19(17)28-14-7-16-30(26,27)24(2)3/h6,8-13H,4-5,7,14-16H2,1-3H3. The van der Waals surface area contributed by atoms with Gasteiger partial charge in [-0.1, -0.05) is 31.2 Å². The Bertz CT molecular complexity index is 1080. The second-order valence-corrected chi connectivity index (χ2v) is 10.4. The molecule has 0 saturated heterocycles. The largest absolute Gasteiger partial charge is 0.493 e. The summed E-state index contributed by atoms with van der Waals surface area (Å²) in [4.78, 5) is 9.05. The van der Waals surface area contributed by atoms with Crippen LogP contribution in [0.15, 0.2) is 47.9 Å². The van der Waals surface area contributed by atoms with Crippen molar-refractivity contribution < 1.29 is 13.2 Å². The van der Waals surface area contributed by atoms with E-state index in [0.29, 0.717) is 13.0 Å². The number of aromatic nitrogens is 3. The van der Waals surface area contributed by atoms with Gasteiger partial charge >= 0.3 is 0 Å². The molecule has 0 bridgehead atoms. The highest BCUT2D eigenvalue weighted by Crippen LogP contribution is 2.29. The Morgan fingerprint density at radius 1 is 1.17 bits per heavy atom. The van der Waals surface area contributed by atoms with Gasteiger partial charge in [0.1, 0.15) is 11.6 Å². The summed E-state index contributed by atoms with van der Waals surface area (Å²) in [6.45, 7) is 2.51. The molecule has 7 nitrogen and oxygen atoms in total. The molecule has 3 rings (SSSR count). The Morgan fingerprint density at radius 3 is 2.77 bits per heavy atom. The number of ether oxygens (including phenoxy) is 1. The van der Waals surface area contributed by atoms with Crippen molar-refractivity contribution in [3.05, 3.63) is 42.7 Å². The van der Waals surface area contributed by atoms with Crippen LogP contribution in [-0.4, -0.2) is 59.5 Å². The van der Waals surface area contributed by atoms with Crippen molar-refractivity contribution in [2.75, 3.05) is 32.2 Å². The monoisotopic (exact) mass is 448 g/mol. The summed E-state index contributed by atoms with van der Waals surface area (Å²) in [7, 11) is -0.122. The molecule has 0 aliphatic heterocycles. The predicted octanol–water partition coefficient (Wildman–Crippen LogP) is 3.97. The van der Waals surface area contributed by atoms with Crippen molar-refractivity contribution >= 4 is 32.7 Å². The molecule has 9 heteroatoms. The van der Waals surface area contributed by atoms with Gasteiger partial charge in [0, 0.05) is 37.6 Å². The molecule has 0 spiro atoms. The maximum Gasteiger partial charge on any atom is 0.213 e. The van der Waals surface area contributed by atoms with Crippen LogP contribution < -0.4 is 4.74 Å². The number of unbranched alkanes of at least 4 members (excludes halogenated alkanes) is 1.